The minimum absolute atomic E-state index is 0.449. The standard InChI is InChI=1S/C13H21N/c1-5-11(3)14-12(4)13-8-6-7-10(2)9-13/h6-9,11-12,14H,5H2,1-4H3/t11?,12-/m1/s1. The van der Waals surface area contributed by atoms with E-state index >= 15 is 0 Å². The van der Waals surface area contributed by atoms with Gasteiger partial charge in [-0.25, -0.2) is 0 Å². The van der Waals surface area contributed by atoms with Crippen LogP contribution in [0, 0.1) is 6.92 Å². The third-order valence-electron chi connectivity index (χ3n) is 2.69. The van der Waals surface area contributed by atoms with Crippen molar-refractivity contribution in [3.63, 3.8) is 0 Å². The van der Waals surface area contributed by atoms with Crippen molar-refractivity contribution in [1.29, 1.82) is 0 Å². The third kappa shape index (κ3) is 3.15. The minimum Gasteiger partial charge on any atom is -0.308 e. The summed E-state index contributed by atoms with van der Waals surface area (Å²) in [5.74, 6) is 0. The first kappa shape index (κ1) is 11.3. The summed E-state index contributed by atoms with van der Waals surface area (Å²) in [5, 5.41) is 3.57. The smallest absolute Gasteiger partial charge is 0.0294 e. The average molecular weight is 191 g/mol. The molecule has 0 heterocycles. The van der Waals surface area contributed by atoms with E-state index in [1.165, 1.54) is 17.5 Å². The molecule has 0 aliphatic carbocycles. The van der Waals surface area contributed by atoms with Crippen molar-refractivity contribution in [3.8, 4) is 0 Å². The molecule has 2 atom stereocenters. The topological polar surface area (TPSA) is 12.0 Å². The van der Waals surface area contributed by atoms with Crippen LogP contribution >= 0.6 is 0 Å². The fourth-order valence-electron chi connectivity index (χ4n) is 1.58. The summed E-state index contributed by atoms with van der Waals surface area (Å²) in [4.78, 5) is 0. The largest absolute Gasteiger partial charge is 0.308 e. The van der Waals surface area contributed by atoms with Crippen molar-refractivity contribution in [2.24, 2.45) is 0 Å². The van der Waals surface area contributed by atoms with Crippen molar-refractivity contribution in [1.82, 2.24) is 5.32 Å². The summed E-state index contributed by atoms with van der Waals surface area (Å²) < 4.78 is 0. The van der Waals surface area contributed by atoms with Crippen LogP contribution in [0.3, 0.4) is 0 Å². The van der Waals surface area contributed by atoms with E-state index in [2.05, 4.69) is 57.3 Å². The fraction of sp³-hybridized carbons (Fsp3) is 0.538. The highest BCUT2D eigenvalue weighted by Gasteiger charge is 2.07. The molecule has 0 bridgehead atoms. The number of aryl methyl sites for hydroxylation is 1. The molecule has 1 aromatic rings. The van der Waals surface area contributed by atoms with Gasteiger partial charge in [0.1, 0.15) is 0 Å². The highest BCUT2D eigenvalue weighted by atomic mass is 14.9. The van der Waals surface area contributed by atoms with Crippen LogP contribution in [-0.4, -0.2) is 6.04 Å². The maximum Gasteiger partial charge on any atom is 0.0294 e. The van der Waals surface area contributed by atoms with Crippen LogP contribution in [0.2, 0.25) is 0 Å². The van der Waals surface area contributed by atoms with E-state index < -0.39 is 0 Å². The van der Waals surface area contributed by atoms with Gasteiger partial charge in [0.05, 0.1) is 0 Å². The first-order chi connectivity index (χ1) is 6.63. The lowest BCUT2D eigenvalue weighted by atomic mass is 10.0. The van der Waals surface area contributed by atoms with Gasteiger partial charge in [-0.3, -0.25) is 0 Å². The quantitative estimate of drug-likeness (QED) is 0.768. The van der Waals surface area contributed by atoms with Gasteiger partial charge in [0, 0.05) is 12.1 Å². The molecule has 0 saturated carbocycles. The summed E-state index contributed by atoms with van der Waals surface area (Å²) >= 11 is 0. The second-order valence-corrected chi connectivity index (χ2v) is 4.11. The molecule has 1 aromatic carbocycles. The minimum atomic E-state index is 0.449. The first-order valence-electron chi connectivity index (χ1n) is 5.46. The molecular weight excluding hydrogens is 170 g/mol. The van der Waals surface area contributed by atoms with Crippen molar-refractivity contribution in [2.75, 3.05) is 0 Å². The van der Waals surface area contributed by atoms with Crippen molar-refractivity contribution in [3.05, 3.63) is 35.4 Å². The maximum atomic E-state index is 3.57. The molecule has 0 aliphatic rings. The number of hydrogen-bond acceptors (Lipinski definition) is 1. The van der Waals surface area contributed by atoms with Crippen LogP contribution in [-0.2, 0) is 0 Å². The van der Waals surface area contributed by atoms with Gasteiger partial charge in [-0.2, -0.15) is 0 Å². The molecule has 1 unspecified atom stereocenters. The number of benzene rings is 1. The zero-order valence-electron chi connectivity index (χ0n) is 9.67. The first-order valence-corrected chi connectivity index (χ1v) is 5.46. The molecule has 0 amide bonds. The second-order valence-electron chi connectivity index (χ2n) is 4.11. The Bertz CT molecular complexity index is 280. The Morgan fingerprint density at radius 3 is 2.57 bits per heavy atom. The van der Waals surface area contributed by atoms with Crippen LogP contribution < -0.4 is 5.32 Å². The van der Waals surface area contributed by atoms with Crippen LogP contribution in [0.15, 0.2) is 24.3 Å². The van der Waals surface area contributed by atoms with Crippen LogP contribution in [0.5, 0.6) is 0 Å². The van der Waals surface area contributed by atoms with Crippen LogP contribution in [0.4, 0.5) is 0 Å². The molecule has 0 radical (unpaired) electrons. The van der Waals surface area contributed by atoms with Crippen molar-refractivity contribution < 1.29 is 0 Å². The summed E-state index contributed by atoms with van der Waals surface area (Å²) in [6, 6.07) is 9.74. The van der Waals surface area contributed by atoms with E-state index in [1.807, 2.05) is 0 Å². The predicted octanol–water partition coefficient (Wildman–Crippen LogP) is 3.44. The highest BCUT2D eigenvalue weighted by Crippen LogP contribution is 2.14. The Hall–Kier alpha value is -0.820. The summed E-state index contributed by atoms with van der Waals surface area (Å²) in [5.41, 5.74) is 2.71. The maximum absolute atomic E-state index is 3.57. The molecule has 0 aromatic heterocycles. The fourth-order valence-corrected chi connectivity index (χ4v) is 1.58. The highest BCUT2D eigenvalue weighted by molar-refractivity contribution is 5.24. The Kier molecular flexibility index (Phi) is 4.15. The average Bonchev–Trinajstić information content (AvgIpc) is 2.17. The van der Waals surface area contributed by atoms with E-state index in [1.54, 1.807) is 0 Å². The SMILES string of the molecule is CCC(C)N[C@H](C)c1cccc(C)c1. The van der Waals surface area contributed by atoms with Gasteiger partial charge in [0.15, 0.2) is 0 Å². The van der Waals surface area contributed by atoms with E-state index in [0.29, 0.717) is 12.1 Å². The third-order valence-corrected chi connectivity index (χ3v) is 2.69. The Morgan fingerprint density at radius 1 is 1.29 bits per heavy atom. The molecule has 1 N–H and O–H groups in total. The zero-order chi connectivity index (χ0) is 10.6. The van der Waals surface area contributed by atoms with Gasteiger partial charge in [0.25, 0.3) is 0 Å². The molecule has 14 heavy (non-hydrogen) atoms. The molecular formula is C13H21N. The summed E-state index contributed by atoms with van der Waals surface area (Å²) in [6.45, 7) is 8.80. The number of hydrogen-bond donors (Lipinski definition) is 1. The zero-order valence-corrected chi connectivity index (χ0v) is 9.67. The van der Waals surface area contributed by atoms with Crippen LogP contribution in [0.1, 0.15) is 44.4 Å². The van der Waals surface area contributed by atoms with Crippen molar-refractivity contribution in [2.45, 2.75) is 46.2 Å². The van der Waals surface area contributed by atoms with Gasteiger partial charge in [-0.05, 0) is 32.8 Å². The molecule has 0 spiro atoms. The lowest BCUT2D eigenvalue weighted by molar-refractivity contribution is 0.469. The Morgan fingerprint density at radius 2 is 2.00 bits per heavy atom. The number of rotatable bonds is 4. The lowest BCUT2D eigenvalue weighted by Crippen LogP contribution is -2.28. The van der Waals surface area contributed by atoms with Gasteiger partial charge < -0.3 is 5.32 Å². The van der Waals surface area contributed by atoms with Gasteiger partial charge in [-0.15, -0.1) is 0 Å². The Balaban J connectivity index is 2.64. The van der Waals surface area contributed by atoms with Crippen molar-refractivity contribution >= 4 is 0 Å². The normalized spacial score (nSPS) is 15.1. The molecule has 1 rings (SSSR count). The van der Waals surface area contributed by atoms with Gasteiger partial charge in [-0.1, -0.05) is 36.8 Å². The van der Waals surface area contributed by atoms with Gasteiger partial charge >= 0.3 is 0 Å². The number of nitrogens with one attached hydrogen (secondary N) is 1. The van der Waals surface area contributed by atoms with E-state index in [-0.39, 0.29) is 0 Å². The molecule has 0 saturated heterocycles. The molecule has 0 aliphatic heterocycles. The van der Waals surface area contributed by atoms with E-state index in [4.69, 9.17) is 0 Å². The van der Waals surface area contributed by atoms with E-state index in [0.717, 1.165) is 0 Å². The predicted molar refractivity (Wildman–Crippen MR) is 62.5 cm³/mol. The monoisotopic (exact) mass is 191 g/mol. The lowest BCUT2D eigenvalue weighted by Gasteiger charge is -2.19. The molecule has 78 valence electrons. The van der Waals surface area contributed by atoms with Gasteiger partial charge in [0.2, 0.25) is 0 Å². The van der Waals surface area contributed by atoms with E-state index in [9.17, 15) is 0 Å². The molecule has 1 nitrogen and oxygen atoms in total. The second kappa shape index (κ2) is 5.16. The molecule has 1 heteroatoms. The summed E-state index contributed by atoms with van der Waals surface area (Å²) in [7, 11) is 0. The Labute approximate surface area is 87.5 Å². The van der Waals surface area contributed by atoms with Crippen LogP contribution in [0.25, 0.3) is 0 Å². The molecule has 0 fully saturated rings. The summed E-state index contributed by atoms with van der Waals surface area (Å²) in [6.07, 6.45) is 1.18.